The van der Waals surface area contributed by atoms with Crippen LogP contribution >= 0.6 is 0 Å². The van der Waals surface area contributed by atoms with E-state index in [2.05, 4.69) is 5.32 Å². The number of carbonyl (C=O) groups excluding carboxylic acids is 2. The third-order valence-electron chi connectivity index (χ3n) is 4.77. The Labute approximate surface area is 178 Å². The van der Waals surface area contributed by atoms with E-state index in [9.17, 15) is 18.0 Å². The van der Waals surface area contributed by atoms with Gasteiger partial charge in [0.25, 0.3) is 5.91 Å². The van der Waals surface area contributed by atoms with Gasteiger partial charge in [0.1, 0.15) is 6.54 Å². The Hall–Kier alpha value is -2.87. The number of carbonyl (C=O) groups is 2. The Morgan fingerprint density at radius 3 is 2.17 bits per heavy atom. The lowest BCUT2D eigenvalue weighted by Gasteiger charge is -2.24. The SMILES string of the molecule is Cc1ccc(C)c(C(C)NC(=O)CN(c2ccc(C(=O)N(C)C)cc2)S(C)(=O)=O)c1. The summed E-state index contributed by atoms with van der Waals surface area (Å²) in [6, 6.07) is 11.9. The first-order valence-electron chi connectivity index (χ1n) is 9.56. The van der Waals surface area contributed by atoms with Crippen LogP contribution in [0.2, 0.25) is 0 Å². The number of anilines is 1. The zero-order valence-electron chi connectivity index (χ0n) is 18.3. The average molecular weight is 432 g/mol. The van der Waals surface area contributed by atoms with Crippen LogP contribution in [0.1, 0.15) is 40.0 Å². The molecule has 1 N–H and O–H groups in total. The van der Waals surface area contributed by atoms with Gasteiger partial charge < -0.3 is 10.2 Å². The minimum Gasteiger partial charge on any atom is -0.348 e. The van der Waals surface area contributed by atoms with Gasteiger partial charge in [-0.25, -0.2) is 8.42 Å². The third-order valence-corrected chi connectivity index (χ3v) is 5.92. The number of nitrogens with one attached hydrogen (secondary N) is 1. The second-order valence-corrected chi connectivity index (χ2v) is 9.57. The lowest BCUT2D eigenvalue weighted by molar-refractivity contribution is -0.120. The first kappa shape index (κ1) is 23.4. The molecule has 1 unspecified atom stereocenters. The van der Waals surface area contributed by atoms with Crippen molar-refractivity contribution in [1.82, 2.24) is 10.2 Å². The Morgan fingerprint density at radius 1 is 1.03 bits per heavy atom. The highest BCUT2D eigenvalue weighted by atomic mass is 32.2. The smallest absolute Gasteiger partial charge is 0.253 e. The molecule has 1 atom stereocenters. The zero-order chi connectivity index (χ0) is 22.6. The molecular weight excluding hydrogens is 402 g/mol. The molecule has 162 valence electrons. The molecule has 2 amide bonds. The van der Waals surface area contributed by atoms with Gasteiger partial charge in [-0.1, -0.05) is 23.8 Å². The van der Waals surface area contributed by atoms with Gasteiger partial charge in [0.05, 0.1) is 18.0 Å². The van der Waals surface area contributed by atoms with Crippen LogP contribution < -0.4 is 9.62 Å². The summed E-state index contributed by atoms with van der Waals surface area (Å²) in [5.74, 6) is -0.602. The van der Waals surface area contributed by atoms with Gasteiger partial charge in [0.15, 0.2) is 0 Å². The molecule has 7 nitrogen and oxygen atoms in total. The van der Waals surface area contributed by atoms with E-state index in [4.69, 9.17) is 0 Å². The second-order valence-electron chi connectivity index (χ2n) is 7.67. The largest absolute Gasteiger partial charge is 0.348 e. The molecule has 30 heavy (non-hydrogen) atoms. The predicted molar refractivity (Wildman–Crippen MR) is 119 cm³/mol. The highest BCUT2D eigenvalue weighted by Crippen LogP contribution is 2.21. The number of sulfonamides is 1. The van der Waals surface area contributed by atoms with E-state index >= 15 is 0 Å². The lowest BCUT2D eigenvalue weighted by Crippen LogP contribution is -2.41. The molecule has 0 aliphatic carbocycles. The summed E-state index contributed by atoms with van der Waals surface area (Å²) in [5.41, 5.74) is 3.88. The molecule has 0 saturated carbocycles. The van der Waals surface area contributed by atoms with Crippen molar-refractivity contribution in [1.29, 1.82) is 0 Å². The number of benzene rings is 2. The standard InChI is InChI=1S/C22H29N3O4S/c1-15-7-8-16(2)20(13-15)17(3)23-21(26)14-25(30(6,28)29)19-11-9-18(10-12-19)22(27)24(4)5/h7-13,17H,14H2,1-6H3,(H,23,26). The summed E-state index contributed by atoms with van der Waals surface area (Å²) in [6.07, 6.45) is 1.05. The van der Waals surface area contributed by atoms with Gasteiger partial charge in [0.2, 0.25) is 15.9 Å². The fraction of sp³-hybridized carbons (Fsp3) is 0.364. The van der Waals surface area contributed by atoms with Crippen molar-refractivity contribution in [2.24, 2.45) is 0 Å². The summed E-state index contributed by atoms with van der Waals surface area (Å²) >= 11 is 0. The van der Waals surface area contributed by atoms with E-state index in [0.29, 0.717) is 11.3 Å². The molecule has 0 saturated heterocycles. The topological polar surface area (TPSA) is 86.8 Å². The predicted octanol–water partition coefficient (Wildman–Crippen LogP) is 2.65. The van der Waals surface area contributed by atoms with Gasteiger partial charge in [-0.3, -0.25) is 13.9 Å². The summed E-state index contributed by atoms with van der Waals surface area (Å²) in [7, 11) is -0.422. The van der Waals surface area contributed by atoms with E-state index in [1.807, 2.05) is 39.0 Å². The first-order chi connectivity index (χ1) is 13.9. The number of hydrogen-bond acceptors (Lipinski definition) is 4. The van der Waals surface area contributed by atoms with Crippen molar-refractivity contribution >= 4 is 27.5 Å². The summed E-state index contributed by atoms with van der Waals surface area (Å²) in [6.45, 7) is 5.46. The molecule has 0 bridgehead atoms. The average Bonchev–Trinajstić information content (AvgIpc) is 2.66. The molecule has 2 rings (SSSR count). The van der Waals surface area contributed by atoms with Crippen molar-refractivity contribution in [3.63, 3.8) is 0 Å². The van der Waals surface area contributed by atoms with Crippen molar-refractivity contribution in [3.8, 4) is 0 Å². The molecule has 0 radical (unpaired) electrons. The van der Waals surface area contributed by atoms with Crippen LogP contribution in [0.15, 0.2) is 42.5 Å². The van der Waals surface area contributed by atoms with Crippen LogP contribution in [0.5, 0.6) is 0 Å². The van der Waals surface area contributed by atoms with E-state index in [1.54, 1.807) is 26.2 Å². The molecule has 0 aromatic heterocycles. The first-order valence-corrected chi connectivity index (χ1v) is 11.4. The Bertz CT molecular complexity index is 1030. The minimum absolute atomic E-state index is 0.187. The normalized spacial score (nSPS) is 12.2. The quantitative estimate of drug-likeness (QED) is 0.730. The van der Waals surface area contributed by atoms with E-state index in [-0.39, 0.29) is 18.5 Å². The van der Waals surface area contributed by atoms with E-state index in [0.717, 1.165) is 27.3 Å². The maximum Gasteiger partial charge on any atom is 0.253 e. The second kappa shape index (κ2) is 9.30. The summed E-state index contributed by atoms with van der Waals surface area (Å²) in [5, 5.41) is 2.88. The highest BCUT2D eigenvalue weighted by molar-refractivity contribution is 7.92. The van der Waals surface area contributed by atoms with Crippen LogP contribution in [0.25, 0.3) is 0 Å². The molecular formula is C22H29N3O4S. The molecule has 2 aromatic carbocycles. The van der Waals surface area contributed by atoms with Crippen molar-refractivity contribution in [2.75, 3.05) is 31.2 Å². The number of aryl methyl sites for hydroxylation is 2. The van der Waals surface area contributed by atoms with Crippen molar-refractivity contribution in [3.05, 3.63) is 64.7 Å². The number of hydrogen-bond donors (Lipinski definition) is 1. The van der Waals surface area contributed by atoms with Gasteiger partial charge in [0, 0.05) is 19.7 Å². The van der Waals surface area contributed by atoms with Gasteiger partial charge >= 0.3 is 0 Å². The highest BCUT2D eigenvalue weighted by Gasteiger charge is 2.22. The monoisotopic (exact) mass is 431 g/mol. The van der Waals surface area contributed by atoms with Gasteiger partial charge in [-0.2, -0.15) is 0 Å². The van der Waals surface area contributed by atoms with Crippen LogP contribution in [-0.4, -0.2) is 52.0 Å². The van der Waals surface area contributed by atoms with E-state index < -0.39 is 15.9 Å². The molecule has 0 aliphatic rings. The summed E-state index contributed by atoms with van der Waals surface area (Å²) < 4.78 is 25.7. The molecule has 0 aliphatic heterocycles. The fourth-order valence-electron chi connectivity index (χ4n) is 3.15. The molecule has 8 heteroatoms. The van der Waals surface area contributed by atoms with Gasteiger partial charge in [-0.15, -0.1) is 0 Å². The fourth-order valence-corrected chi connectivity index (χ4v) is 4.01. The molecule has 0 spiro atoms. The van der Waals surface area contributed by atoms with Crippen LogP contribution in [-0.2, 0) is 14.8 Å². The van der Waals surface area contributed by atoms with E-state index in [1.165, 1.54) is 17.0 Å². The number of nitrogens with zero attached hydrogens (tertiary/aromatic N) is 2. The Balaban J connectivity index is 2.20. The maximum atomic E-state index is 12.6. The van der Waals surface area contributed by atoms with Crippen LogP contribution in [0.4, 0.5) is 5.69 Å². The molecule has 2 aromatic rings. The lowest BCUT2D eigenvalue weighted by atomic mass is 10.00. The van der Waals surface area contributed by atoms with Crippen LogP contribution in [0.3, 0.4) is 0 Å². The molecule has 0 heterocycles. The van der Waals surface area contributed by atoms with Crippen LogP contribution in [0, 0.1) is 13.8 Å². The number of rotatable bonds is 7. The Morgan fingerprint density at radius 2 is 1.63 bits per heavy atom. The number of amides is 2. The maximum absolute atomic E-state index is 12.6. The Kier molecular flexibility index (Phi) is 7.25. The van der Waals surface area contributed by atoms with Crippen molar-refractivity contribution in [2.45, 2.75) is 26.8 Å². The minimum atomic E-state index is -3.70. The zero-order valence-corrected chi connectivity index (χ0v) is 19.1. The van der Waals surface area contributed by atoms with Crippen molar-refractivity contribution < 1.29 is 18.0 Å². The third kappa shape index (κ3) is 5.82. The molecule has 0 fully saturated rings. The summed E-state index contributed by atoms with van der Waals surface area (Å²) in [4.78, 5) is 26.1. The van der Waals surface area contributed by atoms with Gasteiger partial charge in [-0.05, 0) is 56.2 Å².